The SMILES string of the molecule is CC.CN(C)CC1CC1.COc1ncnc(OC)c1-c1cc2cc(NC=O)ncc2n1C.COc1nn(C)c(OC)c1-c1cc2cc(NC(=O)[C@H]3C[C@@H]3CN(C)C)ncc2n1C.[HH].[HH]. The summed E-state index contributed by atoms with van der Waals surface area (Å²) in [6, 6.07) is 7.66. The number of rotatable bonds is 14. The van der Waals surface area contributed by atoms with E-state index in [0.717, 1.165) is 57.6 Å². The largest absolute Gasteiger partial charge is 0.481 e. The predicted molar refractivity (Wildman–Crippen MR) is 246 cm³/mol. The second-order valence-electron chi connectivity index (χ2n) is 15.5. The zero-order valence-electron chi connectivity index (χ0n) is 38.3. The summed E-state index contributed by atoms with van der Waals surface area (Å²) in [5.41, 5.74) is 4.97. The summed E-state index contributed by atoms with van der Waals surface area (Å²) in [4.78, 5) is 44.4. The molecule has 0 saturated heterocycles. The third-order valence-electron chi connectivity index (χ3n) is 10.5. The summed E-state index contributed by atoms with van der Waals surface area (Å²) in [5.74, 6) is 4.57. The van der Waals surface area contributed by atoms with Crippen LogP contribution in [-0.4, -0.2) is 131 Å². The molecule has 338 valence electrons. The van der Waals surface area contributed by atoms with Crippen LogP contribution in [-0.2, 0) is 30.7 Å². The molecule has 18 heteroatoms. The van der Waals surface area contributed by atoms with Gasteiger partial charge < -0.3 is 48.5 Å². The lowest BCUT2D eigenvalue weighted by Gasteiger charge is -2.11. The summed E-state index contributed by atoms with van der Waals surface area (Å²) < 4.78 is 27.3. The number of aryl methyl sites for hydroxylation is 3. The highest BCUT2D eigenvalue weighted by atomic mass is 16.5. The van der Waals surface area contributed by atoms with Crippen LogP contribution < -0.4 is 29.6 Å². The molecule has 0 aliphatic heterocycles. The van der Waals surface area contributed by atoms with Gasteiger partial charge in [-0.15, -0.1) is 5.10 Å². The molecule has 0 bridgehead atoms. The fourth-order valence-electron chi connectivity index (χ4n) is 7.39. The normalized spacial score (nSPS) is 15.1. The van der Waals surface area contributed by atoms with Gasteiger partial charge in [-0.1, -0.05) is 13.8 Å². The molecule has 2 amide bonds. The Bertz CT molecular complexity index is 2440. The summed E-state index contributed by atoms with van der Waals surface area (Å²) >= 11 is 0. The van der Waals surface area contributed by atoms with E-state index in [-0.39, 0.29) is 14.7 Å². The molecule has 0 spiro atoms. The van der Waals surface area contributed by atoms with E-state index in [9.17, 15) is 9.59 Å². The van der Waals surface area contributed by atoms with Crippen molar-refractivity contribution < 1.29 is 31.4 Å². The van der Waals surface area contributed by atoms with Gasteiger partial charge in [0, 0.05) is 53.8 Å². The Labute approximate surface area is 366 Å². The van der Waals surface area contributed by atoms with Crippen molar-refractivity contribution in [1.29, 1.82) is 0 Å². The van der Waals surface area contributed by atoms with Crippen molar-refractivity contribution in [3.05, 3.63) is 43.0 Å². The van der Waals surface area contributed by atoms with Gasteiger partial charge in [0.1, 0.15) is 29.1 Å². The van der Waals surface area contributed by atoms with E-state index < -0.39 is 0 Å². The molecule has 2 fully saturated rings. The molecule has 2 aliphatic rings. The Balaban J connectivity index is 0.000000284. The molecule has 0 aromatic carbocycles. The van der Waals surface area contributed by atoms with Gasteiger partial charge in [-0.25, -0.2) is 24.6 Å². The molecule has 2 N–H and O–H groups in total. The van der Waals surface area contributed by atoms with E-state index >= 15 is 0 Å². The fourth-order valence-corrected chi connectivity index (χ4v) is 7.39. The first-order valence-electron chi connectivity index (χ1n) is 20.6. The molecule has 6 aromatic rings. The molecular formula is C44H66N12O6. The maximum Gasteiger partial charge on any atom is 0.246 e. The van der Waals surface area contributed by atoms with E-state index in [4.69, 9.17) is 18.9 Å². The summed E-state index contributed by atoms with van der Waals surface area (Å²) in [7, 11) is 20.3. The molecule has 2 saturated carbocycles. The number of carbonyl (C=O) groups excluding carboxylic acids is 2. The van der Waals surface area contributed by atoms with E-state index in [1.54, 1.807) is 51.6 Å². The first kappa shape index (κ1) is 46.8. The first-order chi connectivity index (χ1) is 29.8. The number of amides is 2. The Morgan fingerprint density at radius 3 is 1.77 bits per heavy atom. The van der Waals surface area contributed by atoms with Crippen LogP contribution >= 0.6 is 0 Å². The van der Waals surface area contributed by atoms with E-state index in [2.05, 4.69) is 59.6 Å². The molecule has 18 nitrogen and oxygen atoms in total. The predicted octanol–water partition coefficient (Wildman–Crippen LogP) is 6.22. The number of hydrogen-bond donors (Lipinski definition) is 2. The standard InChI is InChI=1S/C21H28N6O3.C15H15N5O3.C6H13N.C2H6.2H2/c1-25(2)11-13-7-14(13)19(28)23-17-9-12-8-15(26(3)16(12)10-22-17)18-20(29-5)24-27(4)21(18)30-6;1-20-10(13-14(22-2)17-7-18-15(13)23-3)4-9-5-12(19-8-21)16-6-11(9)20;1-7(2)5-6-3-4-6;1-2;;/h8-10,13-14H,7,11H2,1-6H3,(H,22,23,28);4-8H,1-3H3,(H,16,19,21);6H,3-5H2,1-2H3;1-2H3;2*1H/t13-,14+;;;;;/m1...../s1. The van der Waals surface area contributed by atoms with Gasteiger partial charge in [-0.05, 0) is 83.6 Å². The molecule has 2 atom stereocenters. The summed E-state index contributed by atoms with van der Waals surface area (Å²) in [6.45, 7) is 6.24. The number of ether oxygens (including phenoxy) is 4. The van der Waals surface area contributed by atoms with E-state index in [1.165, 1.54) is 25.7 Å². The van der Waals surface area contributed by atoms with Gasteiger partial charge in [-0.2, -0.15) is 0 Å². The number of methoxy groups -OCH3 is 4. The minimum Gasteiger partial charge on any atom is -0.481 e. The van der Waals surface area contributed by atoms with Gasteiger partial charge in [0.25, 0.3) is 0 Å². The zero-order valence-corrected chi connectivity index (χ0v) is 38.3. The minimum atomic E-state index is 0. The number of hydrogen-bond acceptors (Lipinski definition) is 13. The van der Waals surface area contributed by atoms with E-state index in [1.807, 2.05) is 76.4 Å². The van der Waals surface area contributed by atoms with Crippen molar-refractivity contribution in [2.75, 3.05) is 80.4 Å². The van der Waals surface area contributed by atoms with Crippen LogP contribution in [0.1, 0.15) is 36.0 Å². The first-order valence-corrected chi connectivity index (χ1v) is 20.6. The highest BCUT2D eigenvalue weighted by molar-refractivity contribution is 5.97. The number of carbonyl (C=O) groups is 2. The number of pyridine rings is 2. The molecule has 0 radical (unpaired) electrons. The van der Waals surface area contributed by atoms with Gasteiger partial charge in [0.2, 0.25) is 35.8 Å². The summed E-state index contributed by atoms with van der Waals surface area (Å²) in [5, 5.41) is 11.8. The highest BCUT2D eigenvalue weighted by Crippen LogP contribution is 2.42. The second-order valence-corrected chi connectivity index (χ2v) is 15.5. The van der Waals surface area contributed by atoms with Gasteiger partial charge in [-0.3, -0.25) is 9.59 Å². The number of anilines is 2. The van der Waals surface area contributed by atoms with Gasteiger partial charge >= 0.3 is 0 Å². The Morgan fingerprint density at radius 2 is 1.29 bits per heavy atom. The van der Waals surface area contributed by atoms with Crippen molar-refractivity contribution in [3.8, 4) is 46.0 Å². The minimum absolute atomic E-state index is 0. The van der Waals surface area contributed by atoms with Crippen molar-refractivity contribution in [3.63, 3.8) is 0 Å². The second kappa shape index (κ2) is 21.0. The van der Waals surface area contributed by atoms with Crippen LogP contribution in [0.15, 0.2) is 43.0 Å². The van der Waals surface area contributed by atoms with Crippen molar-refractivity contribution in [1.82, 2.24) is 48.7 Å². The van der Waals surface area contributed by atoms with E-state index in [0.29, 0.717) is 53.0 Å². The molecule has 6 heterocycles. The Hall–Kier alpha value is -6.27. The van der Waals surface area contributed by atoms with Crippen LogP contribution in [0.5, 0.6) is 23.5 Å². The third-order valence-corrected chi connectivity index (χ3v) is 10.5. The Morgan fingerprint density at radius 1 is 0.758 bits per heavy atom. The van der Waals surface area contributed by atoms with Crippen LogP contribution in [0, 0.1) is 17.8 Å². The topological polar surface area (TPSA) is 181 Å². The van der Waals surface area contributed by atoms with Gasteiger partial charge in [0.15, 0.2) is 0 Å². The molecule has 8 rings (SSSR count). The Kier molecular flexibility index (Phi) is 15.9. The number of nitrogens with zero attached hydrogens (tertiary/aromatic N) is 10. The lowest BCUT2D eigenvalue weighted by molar-refractivity contribution is -0.117. The third kappa shape index (κ3) is 10.8. The molecule has 0 unspecified atom stereocenters. The lowest BCUT2D eigenvalue weighted by Crippen LogP contribution is -2.20. The maximum absolute atomic E-state index is 12.5. The average molecular weight is 859 g/mol. The molecule has 2 aliphatic carbocycles. The average Bonchev–Trinajstić information content (AvgIpc) is 4.15. The smallest absolute Gasteiger partial charge is 0.246 e. The monoisotopic (exact) mass is 859 g/mol. The van der Waals surface area contributed by atoms with Crippen LogP contribution in [0.3, 0.4) is 0 Å². The quantitative estimate of drug-likeness (QED) is 0.118. The maximum atomic E-state index is 12.5. The number of nitrogens with one attached hydrogen (secondary N) is 2. The summed E-state index contributed by atoms with van der Waals surface area (Å²) in [6.07, 6.45) is 9.31. The van der Waals surface area contributed by atoms with Crippen molar-refractivity contribution in [2.24, 2.45) is 38.9 Å². The molecular weight excluding hydrogens is 793 g/mol. The van der Waals surface area contributed by atoms with Crippen LogP contribution in [0.25, 0.3) is 44.3 Å². The molecule has 6 aromatic heterocycles. The van der Waals surface area contributed by atoms with Gasteiger partial charge in [0.05, 0.1) is 63.3 Å². The van der Waals surface area contributed by atoms with Crippen molar-refractivity contribution >= 4 is 45.8 Å². The van der Waals surface area contributed by atoms with Crippen molar-refractivity contribution in [2.45, 2.75) is 33.1 Å². The van der Waals surface area contributed by atoms with Crippen LogP contribution in [0.2, 0.25) is 0 Å². The fraction of sp³-hybridized carbons (Fsp3) is 0.477. The van der Waals surface area contributed by atoms with Crippen LogP contribution in [0.4, 0.5) is 11.6 Å². The zero-order chi connectivity index (χ0) is 45.2. The lowest BCUT2D eigenvalue weighted by atomic mass is 10.2. The highest BCUT2D eigenvalue weighted by Gasteiger charge is 2.43. The molecule has 62 heavy (non-hydrogen) atoms. The number of fused-ring (bicyclic) bond motifs is 2. The number of aromatic nitrogens is 8.